The van der Waals surface area contributed by atoms with Crippen molar-refractivity contribution in [2.75, 3.05) is 0 Å². The van der Waals surface area contributed by atoms with Crippen molar-refractivity contribution >= 4 is 29.0 Å². The number of rotatable bonds is 4. The number of aromatic nitrogens is 1. The van der Waals surface area contributed by atoms with Gasteiger partial charge in [-0.15, -0.1) is 23.1 Å². The van der Waals surface area contributed by atoms with Crippen LogP contribution in [-0.2, 0) is 5.75 Å². The average Bonchev–Trinajstić information content (AvgIpc) is 2.96. The van der Waals surface area contributed by atoms with E-state index in [0.29, 0.717) is 11.5 Å². The first-order valence-electron chi connectivity index (χ1n) is 4.42. The first kappa shape index (κ1) is 11.2. The van der Waals surface area contributed by atoms with Crippen molar-refractivity contribution in [2.24, 2.45) is 5.84 Å². The Kier molecular flexibility index (Phi) is 3.60. The number of hydrogen-bond donors (Lipinski definition) is 2. The third-order valence-corrected chi connectivity index (χ3v) is 3.93. The summed E-state index contributed by atoms with van der Waals surface area (Å²) in [5, 5.41) is 5.62. The van der Waals surface area contributed by atoms with Crippen LogP contribution < -0.4 is 11.3 Å². The van der Waals surface area contributed by atoms with E-state index in [2.05, 4.69) is 5.16 Å². The van der Waals surface area contributed by atoms with Gasteiger partial charge in [0.15, 0.2) is 5.69 Å². The van der Waals surface area contributed by atoms with Gasteiger partial charge in [-0.05, 0) is 11.4 Å². The molecule has 0 fully saturated rings. The summed E-state index contributed by atoms with van der Waals surface area (Å²) in [4.78, 5) is 11.1. The smallest absolute Gasteiger partial charge is 0.287 e. The van der Waals surface area contributed by atoms with Crippen molar-refractivity contribution in [1.29, 1.82) is 0 Å². The number of thioether (sulfide) groups is 1. The number of amides is 1. The lowest BCUT2D eigenvalue weighted by Crippen LogP contribution is -2.30. The third-order valence-electron chi connectivity index (χ3n) is 1.77. The Balaban J connectivity index is 1.95. The van der Waals surface area contributed by atoms with Gasteiger partial charge in [-0.3, -0.25) is 10.2 Å². The second-order valence-electron chi connectivity index (χ2n) is 2.87. The summed E-state index contributed by atoms with van der Waals surface area (Å²) in [5.41, 5.74) is 2.20. The van der Waals surface area contributed by atoms with Gasteiger partial charge in [0.2, 0.25) is 0 Å². The molecule has 2 aromatic heterocycles. The second kappa shape index (κ2) is 5.15. The fourth-order valence-corrected chi connectivity index (χ4v) is 2.71. The SMILES string of the molecule is NNC(=O)c1cc(CSc2cccs2)on1. The van der Waals surface area contributed by atoms with Gasteiger partial charge in [0.25, 0.3) is 5.91 Å². The Bertz CT molecular complexity index is 467. The van der Waals surface area contributed by atoms with E-state index in [1.807, 2.05) is 22.9 Å². The molecule has 0 aromatic carbocycles. The van der Waals surface area contributed by atoms with Crippen LogP contribution in [0.4, 0.5) is 0 Å². The zero-order valence-corrected chi connectivity index (χ0v) is 9.81. The number of nitrogens with zero attached hydrogens (tertiary/aromatic N) is 1. The van der Waals surface area contributed by atoms with E-state index in [1.54, 1.807) is 29.2 Å². The van der Waals surface area contributed by atoms with Crippen LogP contribution >= 0.6 is 23.1 Å². The molecule has 0 aliphatic rings. The lowest BCUT2D eigenvalue weighted by Gasteiger charge is -1.92. The molecular formula is C9H9N3O2S2. The maximum Gasteiger partial charge on any atom is 0.287 e. The monoisotopic (exact) mass is 255 g/mol. The fourth-order valence-electron chi connectivity index (χ4n) is 1.05. The highest BCUT2D eigenvalue weighted by molar-refractivity contribution is 8.00. The number of hydrogen-bond acceptors (Lipinski definition) is 6. The molecule has 3 N–H and O–H groups in total. The van der Waals surface area contributed by atoms with Crippen molar-refractivity contribution in [1.82, 2.24) is 10.6 Å². The van der Waals surface area contributed by atoms with Crippen LogP contribution in [0, 0.1) is 0 Å². The van der Waals surface area contributed by atoms with Crippen molar-refractivity contribution in [3.63, 3.8) is 0 Å². The highest BCUT2D eigenvalue weighted by Crippen LogP contribution is 2.26. The maximum absolute atomic E-state index is 11.1. The molecule has 0 aliphatic carbocycles. The zero-order chi connectivity index (χ0) is 11.4. The normalized spacial score (nSPS) is 10.3. The molecule has 5 nitrogen and oxygen atoms in total. The Morgan fingerprint density at radius 3 is 3.25 bits per heavy atom. The number of carbonyl (C=O) groups is 1. The number of nitrogens with one attached hydrogen (secondary N) is 1. The van der Waals surface area contributed by atoms with Crippen molar-refractivity contribution in [3.8, 4) is 0 Å². The molecule has 16 heavy (non-hydrogen) atoms. The van der Waals surface area contributed by atoms with Gasteiger partial charge >= 0.3 is 0 Å². The first-order chi connectivity index (χ1) is 7.79. The Hall–Kier alpha value is -1.31. The topological polar surface area (TPSA) is 81.1 Å². The van der Waals surface area contributed by atoms with Crippen LogP contribution in [0.5, 0.6) is 0 Å². The quantitative estimate of drug-likeness (QED) is 0.375. The summed E-state index contributed by atoms with van der Waals surface area (Å²) in [6, 6.07) is 5.60. The maximum atomic E-state index is 11.1. The van der Waals surface area contributed by atoms with Crippen molar-refractivity contribution in [2.45, 2.75) is 9.96 Å². The molecule has 0 saturated heterocycles. The largest absolute Gasteiger partial charge is 0.360 e. The summed E-state index contributed by atoms with van der Waals surface area (Å²) in [6.45, 7) is 0. The molecule has 2 aromatic rings. The van der Waals surface area contributed by atoms with E-state index in [4.69, 9.17) is 10.4 Å². The summed E-state index contributed by atoms with van der Waals surface area (Å²) in [7, 11) is 0. The van der Waals surface area contributed by atoms with E-state index in [-0.39, 0.29) is 5.69 Å². The van der Waals surface area contributed by atoms with E-state index in [1.165, 1.54) is 4.21 Å². The molecule has 2 heterocycles. The molecule has 0 unspecified atom stereocenters. The second-order valence-corrected chi connectivity index (χ2v) is 5.10. The molecule has 0 radical (unpaired) electrons. The highest BCUT2D eigenvalue weighted by Gasteiger charge is 2.11. The van der Waals surface area contributed by atoms with Crippen LogP contribution in [0.2, 0.25) is 0 Å². The van der Waals surface area contributed by atoms with E-state index in [9.17, 15) is 4.79 Å². The van der Waals surface area contributed by atoms with Gasteiger partial charge in [-0.25, -0.2) is 5.84 Å². The van der Waals surface area contributed by atoms with E-state index < -0.39 is 5.91 Å². The molecule has 1 amide bonds. The molecule has 84 valence electrons. The summed E-state index contributed by atoms with van der Waals surface area (Å²) in [6.07, 6.45) is 0. The van der Waals surface area contributed by atoms with Gasteiger partial charge in [-0.2, -0.15) is 0 Å². The van der Waals surface area contributed by atoms with E-state index >= 15 is 0 Å². The van der Waals surface area contributed by atoms with Gasteiger partial charge in [0.05, 0.1) is 9.96 Å². The minimum atomic E-state index is -0.448. The summed E-state index contributed by atoms with van der Waals surface area (Å²) < 4.78 is 6.20. The first-order valence-corrected chi connectivity index (χ1v) is 6.29. The molecule has 0 bridgehead atoms. The van der Waals surface area contributed by atoms with Gasteiger partial charge in [-0.1, -0.05) is 11.2 Å². The van der Waals surface area contributed by atoms with Gasteiger partial charge in [0.1, 0.15) is 5.76 Å². The van der Waals surface area contributed by atoms with Gasteiger partial charge < -0.3 is 4.52 Å². The Morgan fingerprint density at radius 1 is 1.69 bits per heavy atom. The minimum Gasteiger partial charge on any atom is -0.360 e. The number of hydrazine groups is 1. The predicted octanol–water partition coefficient (Wildman–Crippen LogP) is 1.63. The zero-order valence-electron chi connectivity index (χ0n) is 8.17. The Labute approximate surface area is 100.0 Å². The Morgan fingerprint density at radius 2 is 2.56 bits per heavy atom. The van der Waals surface area contributed by atoms with Crippen molar-refractivity contribution < 1.29 is 9.32 Å². The molecular weight excluding hydrogens is 246 g/mol. The predicted molar refractivity (Wildman–Crippen MR) is 62.0 cm³/mol. The lowest BCUT2D eigenvalue weighted by molar-refractivity contribution is 0.0944. The van der Waals surface area contributed by atoms with Gasteiger partial charge in [0, 0.05) is 6.07 Å². The number of nitrogens with two attached hydrogens (primary N) is 1. The molecule has 0 aliphatic heterocycles. The molecule has 7 heteroatoms. The van der Waals surface area contributed by atoms with Crippen LogP contribution in [0.1, 0.15) is 16.2 Å². The van der Waals surface area contributed by atoms with Crippen LogP contribution in [0.15, 0.2) is 32.3 Å². The lowest BCUT2D eigenvalue weighted by atomic mass is 10.4. The van der Waals surface area contributed by atoms with Crippen LogP contribution in [-0.4, -0.2) is 11.1 Å². The fraction of sp³-hybridized carbons (Fsp3) is 0.111. The molecule has 0 saturated carbocycles. The summed E-state index contributed by atoms with van der Waals surface area (Å²) >= 11 is 3.30. The van der Waals surface area contributed by atoms with E-state index in [0.717, 1.165) is 0 Å². The minimum absolute atomic E-state index is 0.198. The van der Waals surface area contributed by atoms with Crippen molar-refractivity contribution in [3.05, 3.63) is 35.0 Å². The summed E-state index contributed by atoms with van der Waals surface area (Å²) in [5.74, 6) is 5.83. The number of thiophene rings is 1. The molecule has 0 spiro atoms. The average molecular weight is 255 g/mol. The van der Waals surface area contributed by atoms with Crippen LogP contribution in [0.3, 0.4) is 0 Å². The third kappa shape index (κ3) is 2.63. The molecule has 2 rings (SSSR count). The van der Waals surface area contributed by atoms with Crippen LogP contribution in [0.25, 0.3) is 0 Å². The standard InChI is InChI=1S/C9H9N3O2S2/c10-11-9(13)7-4-6(14-12-7)5-16-8-2-1-3-15-8/h1-4H,5,10H2,(H,11,13). The molecule has 0 atom stereocenters. The number of carbonyl (C=O) groups excluding carboxylic acids is 1. The highest BCUT2D eigenvalue weighted by atomic mass is 32.2. The number of nitrogen functional groups attached to an aromatic ring is 1.